The monoisotopic (exact) mass is 217 g/mol. The van der Waals surface area contributed by atoms with E-state index in [9.17, 15) is 4.79 Å². The summed E-state index contributed by atoms with van der Waals surface area (Å²) in [5.74, 6) is 5.72. The molecule has 2 N–H and O–H groups in total. The van der Waals surface area contributed by atoms with Gasteiger partial charge in [0.25, 0.3) is 0 Å². The summed E-state index contributed by atoms with van der Waals surface area (Å²) in [5.41, 5.74) is 2.82. The van der Waals surface area contributed by atoms with Gasteiger partial charge < -0.3 is 10.4 Å². The molecule has 1 aromatic rings. The van der Waals surface area contributed by atoms with Crippen LogP contribution in [0.1, 0.15) is 23.6 Å². The minimum absolute atomic E-state index is 0.0471. The maximum Gasteiger partial charge on any atom is 0.217 e. The Morgan fingerprint density at radius 1 is 1.50 bits per heavy atom. The molecular weight excluding hydrogens is 202 g/mol. The molecule has 3 nitrogen and oxygen atoms in total. The first kappa shape index (κ1) is 12.3. The summed E-state index contributed by atoms with van der Waals surface area (Å²) in [6.45, 7) is 3.80. The molecule has 16 heavy (non-hydrogen) atoms. The van der Waals surface area contributed by atoms with Crippen molar-refractivity contribution in [3.8, 4) is 11.8 Å². The number of benzene rings is 1. The highest BCUT2D eigenvalue weighted by atomic mass is 16.3. The first-order valence-electron chi connectivity index (χ1n) is 5.07. The molecule has 0 aliphatic carbocycles. The van der Waals surface area contributed by atoms with Crippen LogP contribution in [0.25, 0.3) is 0 Å². The lowest BCUT2D eigenvalue weighted by Crippen LogP contribution is -2.19. The van der Waals surface area contributed by atoms with Gasteiger partial charge in [0.1, 0.15) is 0 Å². The summed E-state index contributed by atoms with van der Waals surface area (Å²) in [4.78, 5) is 10.6. The third-order valence-corrected chi connectivity index (χ3v) is 2.17. The maximum atomic E-state index is 10.6. The van der Waals surface area contributed by atoms with Crippen molar-refractivity contribution < 1.29 is 9.90 Å². The van der Waals surface area contributed by atoms with Crippen molar-refractivity contribution in [2.75, 3.05) is 6.54 Å². The van der Waals surface area contributed by atoms with Crippen LogP contribution < -0.4 is 5.32 Å². The van der Waals surface area contributed by atoms with Gasteiger partial charge in [-0.2, -0.15) is 0 Å². The van der Waals surface area contributed by atoms with Crippen LogP contribution in [0.5, 0.6) is 0 Å². The molecule has 0 unspecified atom stereocenters. The van der Waals surface area contributed by atoms with E-state index in [1.54, 1.807) is 0 Å². The lowest BCUT2D eigenvalue weighted by atomic mass is 10.1. The van der Waals surface area contributed by atoms with Gasteiger partial charge in [0, 0.05) is 12.5 Å². The molecule has 0 radical (unpaired) electrons. The second kappa shape index (κ2) is 5.94. The molecule has 1 rings (SSSR count). The summed E-state index contributed by atoms with van der Waals surface area (Å²) in [7, 11) is 0. The van der Waals surface area contributed by atoms with E-state index in [0.29, 0.717) is 6.54 Å². The van der Waals surface area contributed by atoms with Gasteiger partial charge in [-0.15, -0.1) is 0 Å². The first-order chi connectivity index (χ1) is 7.63. The van der Waals surface area contributed by atoms with Crippen LogP contribution in [0.4, 0.5) is 0 Å². The standard InChI is InChI=1S/C13H15NO2/c1-10-8-12(5-6-13(10)9-15)4-3-7-14-11(2)16/h5-6,8,15H,7,9H2,1-2H3,(H,14,16). The summed E-state index contributed by atoms with van der Waals surface area (Å²) < 4.78 is 0. The number of aryl methyl sites for hydroxylation is 1. The van der Waals surface area contributed by atoms with Gasteiger partial charge in [0.05, 0.1) is 13.2 Å². The molecule has 1 amide bonds. The molecule has 0 aliphatic rings. The second-order valence-corrected chi connectivity index (χ2v) is 3.51. The number of amides is 1. The fourth-order valence-electron chi connectivity index (χ4n) is 1.27. The molecule has 0 atom stereocenters. The predicted octanol–water partition coefficient (Wildman–Crippen LogP) is 0.975. The number of aliphatic hydroxyl groups excluding tert-OH is 1. The largest absolute Gasteiger partial charge is 0.392 e. The summed E-state index contributed by atoms with van der Waals surface area (Å²) >= 11 is 0. The van der Waals surface area contributed by atoms with Crippen molar-refractivity contribution in [2.45, 2.75) is 20.5 Å². The van der Waals surface area contributed by atoms with Crippen molar-refractivity contribution >= 4 is 5.91 Å². The molecule has 3 heteroatoms. The Morgan fingerprint density at radius 3 is 2.81 bits per heavy atom. The highest BCUT2D eigenvalue weighted by molar-refractivity contribution is 5.73. The third-order valence-electron chi connectivity index (χ3n) is 2.17. The van der Waals surface area contributed by atoms with Crippen LogP contribution in [0.3, 0.4) is 0 Å². The highest BCUT2D eigenvalue weighted by Crippen LogP contribution is 2.09. The van der Waals surface area contributed by atoms with Gasteiger partial charge in [-0.1, -0.05) is 17.9 Å². The minimum Gasteiger partial charge on any atom is -0.392 e. The zero-order valence-corrected chi connectivity index (χ0v) is 9.50. The lowest BCUT2D eigenvalue weighted by molar-refractivity contribution is -0.118. The van der Waals surface area contributed by atoms with E-state index >= 15 is 0 Å². The molecule has 0 bridgehead atoms. The molecule has 84 valence electrons. The first-order valence-corrected chi connectivity index (χ1v) is 5.07. The number of nitrogens with one attached hydrogen (secondary N) is 1. The zero-order valence-electron chi connectivity index (χ0n) is 9.50. The molecule has 0 heterocycles. The van der Waals surface area contributed by atoms with E-state index in [1.165, 1.54) is 6.92 Å². The van der Waals surface area contributed by atoms with Crippen LogP contribution in [-0.4, -0.2) is 17.6 Å². The van der Waals surface area contributed by atoms with Crippen LogP contribution in [0, 0.1) is 18.8 Å². The Balaban J connectivity index is 2.67. The summed E-state index contributed by atoms with van der Waals surface area (Å²) in [6.07, 6.45) is 0. The van der Waals surface area contributed by atoms with Crippen molar-refractivity contribution in [2.24, 2.45) is 0 Å². The Labute approximate surface area is 95.5 Å². The molecule has 1 aromatic carbocycles. The Morgan fingerprint density at radius 2 is 2.25 bits per heavy atom. The van der Waals surface area contributed by atoms with Crippen molar-refractivity contribution in [1.82, 2.24) is 5.32 Å². The normalized spacial score (nSPS) is 9.19. The number of rotatable bonds is 2. The Kier molecular flexibility index (Phi) is 4.56. The molecular formula is C13H15NO2. The number of hydrogen-bond acceptors (Lipinski definition) is 2. The van der Waals surface area contributed by atoms with Crippen LogP contribution in [-0.2, 0) is 11.4 Å². The predicted molar refractivity (Wildman–Crippen MR) is 62.7 cm³/mol. The summed E-state index contributed by atoms with van der Waals surface area (Å²) in [5, 5.41) is 11.6. The van der Waals surface area contributed by atoms with Gasteiger partial charge >= 0.3 is 0 Å². The topological polar surface area (TPSA) is 49.3 Å². The third kappa shape index (κ3) is 3.76. The van der Waals surface area contributed by atoms with Crippen molar-refractivity contribution in [3.63, 3.8) is 0 Å². The quantitative estimate of drug-likeness (QED) is 0.725. The van der Waals surface area contributed by atoms with E-state index in [-0.39, 0.29) is 12.5 Å². The summed E-state index contributed by atoms with van der Waals surface area (Å²) in [6, 6.07) is 5.64. The Bertz CT molecular complexity index is 441. The average molecular weight is 217 g/mol. The highest BCUT2D eigenvalue weighted by Gasteiger charge is 1.96. The number of hydrogen-bond donors (Lipinski definition) is 2. The number of carbonyl (C=O) groups excluding carboxylic acids is 1. The Hall–Kier alpha value is -1.79. The van der Waals surface area contributed by atoms with E-state index in [4.69, 9.17) is 5.11 Å². The fourth-order valence-corrected chi connectivity index (χ4v) is 1.27. The van der Waals surface area contributed by atoms with E-state index in [2.05, 4.69) is 17.2 Å². The second-order valence-electron chi connectivity index (χ2n) is 3.51. The van der Waals surface area contributed by atoms with Gasteiger partial charge in [-0.25, -0.2) is 0 Å². The molecule has 0 aliphatic heterocycles. The minimum atomic E-state index is -0.0823. The molecule has 0 saturated carbocycles. The molecule has 0 aromatic heterocycles. The fraction of sp³-hybridized carbons (Fsp3) is 0.308. The SMILES string of the molecule is CC(=O)NCC#Cc1ccc(CO)c(C)c1. The van der Waals surface area contributed by atoms with Crippen LogP contribution in [0.2, 0.25) is 0 Å². The van der Waals surface area contributed by atoms with Crippen molar-refractivity contribution in [1.29, 1.82) is 0 Å². The van der Waals surface area contributed by atoms with Gasteiger partial charge in [0.2, 0.25) is 5.91 Å². The van der Waals surface area contributed by atoms with Crippen LogP contribution >= 0.6 is 0 Å². The number of carbonyl (C=O) groups is 1. The lowest BCUT2D eigenvalue weighted by Gasteiger charge is -2.01. The van der Waals surface area contributed by atoms with Gasteiger partial charge in [-0.3, -0.25) is 4.79 Å². The number of aliphatic hydroxyl groups is 1. The van der Waals surface area contributed by atoms with Crippen molar-refractivity contribution in [3.05, 3.63) is 34.9 Å². The zero-order chi connectivity index (χ0) is 12.0. The molecule has 0 spiro atoms. The van der Waals surface area contributed by atoms with Gasteiger partial charge in [0.15, 0.2) is 0 Å². The molecule has 0 fully saturated rings. The average Bonchev–Trinajstić information content (AvgIpc) is 2.24. The maximum absolute atomic E-state index is 10.6. The smallest absolute Gasteiger partial charge is 0.217 e. The van der Waals surface area contributed by atoms with E-state index in [1.807, 2.05) is 25.1 Å². The van der Waals surface area contributed by atoms with Crippen LogP contribution in [0.15, 0.2) is 18.2 Å². The molecule has 0 saturated heterocycles. The van der Waals surface area contributed by atoms with E-state index < -0.39 is 0 Å². The van der Waals surface area contributed by atoms with Gasteiger partial charge in [-0.05, 0) is 30.2 Å². The van der Waals surface area contributed by atoms with E-state index in [0.717, 1.165) is 16.7 Å².